The maximum Gasteiger partial charge on any atom is 0.416 e. The molecule has 0 aromatic heterocycles. The minimum Gasteiger partial charge on any atom is -0.307 e. The van der Waals surface area contributed by atoms with Crippen LogP contribution in [0.2, 0.25) is 0 Å². The molecule has 0 spiro atoms. The van der Waals surface area contributed by atoms with Crippen molar-refractivity contribution >= 4 is 21.6 Å². The van der Waals surface area contributed by atoms with Crippen LogP contribution >= 0.6 is 0 Å². The lowest BCUT2D eigenvalue weighted by molar-refractivity contribution is -0.137. The number of carbonyl (C=O) groups is 1. The van der Waals surface area contributed by atoms with Gasteiger partial charge in [0.2, 0.25) is 6.19 Å². The Labute approximate surface area is 177 Å². The van der Waals surface area contributed by atoms with Crippen molar-refractivity contribution in [3.05, 3.63) is 58.1 Å². The van der Waals surface area contributed by atoms with Gasteiger partial charge in [0.05, 0.1) is 10.5 Å². The van der Waals surface area contributed by atoms with Crippen molar-refractivity contribution in [1.82, 2.24) is 4.72 Å². The average molecular weight is 448 g/mol. The lowest BCUT2D eigenvalue weighted by Gasteiger charge is -2.17. The predicted octanol–water partition coefficient (Wildman–Crippen LogP) is 4.73. The average Bonchev–Trinajstić information content (AvgIpc) is 3.36. The molecule has 0 radical (unpaired) electrons. The standard InChI is InChI=1S/C21H19F3N4O2S/c22-21(23,24)15-7-9-16(10-8-15)31(30,26-12-25)28-20(29)27-19-17-5-1-3-13(17)11-14-4-2-6-18(14)19/h7-11H,1-6H2,(H2,26,27,28,29,30). The van der Waals surface area contributed by atoms with Crippen LogP contribution in [-0.2, 0) is 41.8 Å². The van der Waals surface area contributed by atoms with Gasteiger partial charge in [-0.3, -0.25) is 0 Å². The third-order valence-corrected chi connectivity index (χ3v) is 7.33. The van der Waals surface area contributed by atoms with Gasteiger partial charge in [0, 0.05) is 5.69 Å². The number of hydrogen-bond acceptors (Lipinski definition) is 4. The summed E-state index contributed by atoms with van der Waals surface area (Å²) in [6.07, 6.45) is 2.33. The van der Waals surface area contributed by atoms with E-state index >= 15 is 0 Å². The second-order valence-electron chi connectivity index (χ2n) is 7.53. The van der Waals surface area contributed by atoms with Gasteiger partial charge in [-0.2, -0.15) is 18.4 Å². The number of fused-ring (bicyclic) bond motifs is 2. The van der Waals surface area contributed by atoms with Crippen molar-refractivity contribution in [3.63, 3.8) is 0 Å². The summed E-state index contributed by atoms with van der Waals surface area (Å²) >= 11 is 0. The van der Waals surface area contributed by atoms with Crippen molar-refractivity contribution in [2.45, 2.75) is 49.6 Å². The third-order valence-electron chi connectivity index (χ3n) is 5.61. The van der Waals surface area contributed by atoms with E-state index in [0.29, 0.717) is 5.69 Å². The number of nitrogens with zero attached hydrogens (tertiary/aromatic N) is 2. The van der Waals surface area contributed by atoms with E-state index in [4.69, 9.17) is 5.26 Å². The highest BCUT2D eigenvalue weighted by molar-refractivity contribution is 7.92. The minimum atomic E-state index is -4.56. The number of nitriles is 1. The second kappa shape index (κ2) is 7.89. The van der Waals surface area contributed by atoms with Crippen LogP contribution in [0.25, 0.3) is 0 Å². The zero-order valence-electron chi connectivity index (χ0n) is 16.4. The van der Waals surface area contributed by atoms with Gasteiger partial charge in [-0.15, -0.1) is 0 Å². The number of benzene rings is 2. The van der Waals surface area contributed by atoms with Crippen molar-refractivity contribution in [1.29, 1.82) is 5.26 Å². The highest BCUT2D eigenvalue weighted by Crippen LogP contribution is 2.38. The SMILES string of the molecule is N#CN=S(=O)(NC(=O)Nc1c2c(cc3c1CCC3)CCC2)c1ccc(C(F)(F)F)cc1. The summed E-state index contributed by atoms with van der Waals surface area (Å²) in [6, 6.07) is 4.74. The van der Waals surface area contributed by atoms with E-state index in [1.807, 2.05) is 0 Å². The Morgan fingerprint density at radius 2 is 1.61 bits per heavy atom. The Hall–Kier alpha value is -3.06. The summed E-state index contributed by atoms with van der Waals surface area (Å²) in [5.74, 6) is 0. The highest BCUT2D eigenvalue weighted by atomic mass is 32.2. The third kappa shape index (κ3) is 4.10. The number of halogens is 3. The van der Waals surface area contributed by atoms with Crippen molar-refractivity contribution in [3.8, 4) is 6.19 Å². The maximum absolute atomic E-state index is 13.2. The van der Waals surface area contributed by atoms with Crippen LogP contribution < -0.4 is 10.0 Å². The fourth-order valence-corrected chi connectivity index (χ4v) is 5.44. The summed E-state index contributed by atoms with van der Waals surface area (Å²) in [4.78, 5) is 12.6. The number of nitrogens with one attached hydrogen (secondary N) is 2. The fraction of sp³-hybridized carbons (Fsp3) is 0.333. The van der Waals surface area contributed by atoms with Crippen LogP contribution in [0.15, 0.2) is 39.6 Å². The molecule has 10 heteroatoms. The number of carbonyl (C=O) groups excluding carboxylic acids is 1. The summed E-state index contributed by atoms with van der Waals surface area (Å²) < 4.78 is 57.1. The van der Waals surface area contributed by atoms with Crippen LogP contribution in [0.5, 0.6) is 0 Å². The quantitative estimate of drug-likeness (QED) is 0.665. The maximum atomic E-state index is 13.2. The molecule has 2 aliphatic rings. The van der Waals surface area contributed by atoms with Gasteiger partial charge in [0.25, 0.3) is 0 Å². The molecule has 0 saturated carbocycles. The first-order valence-electron chi connectivity index (χ1n) is 9.79. The van der Waals surface area contributed by atoms with Crippen molar-refractivity contribution in [2.75, 3.05) is 5.32 Å². The van der Waals surface area contributed by atoms with E-state index in [2.05, 4.69) is 20.5 Å². The Morgan fingerprint density at radius 1 is 1.03 bits per heavy atom. The largest absolute Gasteiger partial charge is 0.416 e. The number of alkyl halides is 3. The monoisotopic (exact) mass is 448 g/mol. The number of amides is 2. The van der Waals surface area contributed by atoms with E-state index in [0.717, 1.165) is 73.9 Å². The summed E-state index contributed by atoms with van der Waals surface area (Å²) in [5, 5.41) is 11.7. The molecule has 31 heavy (non-hydrogen) atoms. The lowest BCUT2D eigenvalue weighted by Crippen LogP contribution is -2.34. The number of urea groups is 1. The van der Waals surface area contributed by atoms with Crippen molar-refractivity contribution < 1.29 is 22.2 Å². The zero-order valence-corrected chi connectivity index (χ0v) is 17.2. The first-order chi connectivity index (χ1) is 14.7. The number of hydrogen-bond donors (Lipinski definition) is 2. The molecule has 6 nitrogen and oxygen atoms in total. The molecule has 0 aliphatic heterocycles. The molecule has 0 bridgehead atoms. The molecular weight excluding hydrogens is 429 g/mol. The molecule has 2 aromatic rings. The molecule has 2 aliphatic carbocycles. The van der Waals surface area contributed by atoms with E-state index in [-0.39, 0.29) is 4.90 Å². The van der Waals surface area contributed by atoms with E-state index in [1.165, 1.54) is 17.3 Å². The smallest absolute Gasteiger partial charge is 0.307 e. The molecule has 1 atom stereocenters. The van der Waals surface area contributed by atoms with Crippen LogP contribution in [-0.4, -0.2) is 10.2 Å². The van der Waals surface area contributed by atoms with Gasteiger partial charge >= 0.3 is 12.2 Å². The molecule has 2 N–H and O–H groups in total. The molecule has 0 fully saturated rings. The van der Waals surface area contributed by atoms with Crippen LogP contribution in [0.4, 0.5) is 23.7 Å². The summed E-state index contributed by atoms with van der Waals surface area (Å²) in [7, 11) is -3.79. The first-order valence-corrected chi connectivity index (χ1v) is 11.3. The molecule has 2 aromatic carbocycles. The first kappa shape index (κ1) is 21.2. The molecule has 0 heterocycles. The van der Waals surface area contributed by atoms with Crippen LogP contribution in [0, 0.1) is 11.5 Å². The summed E-state index contributed by atoms with van der Waals surface area (Å²) in [6.45, 7) is 0. The van der Waals surface area contributed by atoms with Crippen molar-refractivity contribution in [2.24, 2.45) is 4.36 Å². The van der Waals surface area contributed by atoms with Gasteiger partial charge in [0.15, 0.2) is 9.92 Å². The molecule has 1 unspecified atom stereocenters. The van der Waals surface area contributed by atoms with Gasteiger partial charge in [0.1, 0.15) is 0 Å². The Balaban J connectivity index is 1.62. The number of rotatable bonds is 3. The Bertz CT molecular complexity index is 1170. The predicted molar refractivity (Wildman–Crippen MR) is 109 cm³/mol. The van der Waals surface area contributed by atoms with Crippen LogP contribution in [0.1, 0.15) is 40.7 Å². The van der Waals surface area contributed by atoms with E-state index in [9.17, 15) is 22.2 Å². The number of anilines is 1. The molecule has 0 saturated heterocycles. The van der Waals surface area contributed by atoms with Gasteiger partial charge in [-0.25, -0.2) is 13.7 Å². The zero-order chi connectivity index (χ0) is 22.2. The fourth-order valence-electron chi connectivity index (χ4n) is 4.25. The lowest BCUT2D eigenvalue weighted by atomic mass is 9.99. The molecular formula is C21H19F3N4O2S. The van der Waals surface area contributed by atoms with Crippen LogP contribution in [0.3, 0.4) is 0 Å². The van der Waals surface area contributed by atoms with Gasteiger partial charge < -0.3 is 5.32 Å². The second-order valence-corrected chi connectivity index (χ2v) is 9.44. The van der Waals surface area contributed by atoms with Gasteiger partial charge in [-0.1, -0.05) is 10.4 Å². The van der Waals surface area contributed by atoms with Gasteiger partial charge in [-0.05, 0) is 85.0 Å². The topological polar surface area (TPSA) is 94.3 Å². The number of aryl methyl sites for hydroxylation is 2. The molecule has 2 amide bonds. The summed E-state index contributed by atoms with van der Waals surface area (Å²) in [5.41, 5.74) is 4.30. The highest BCUT2D eigenvalue weighted by Gasteiger charge is 2.31. The molecule has 4 rings (SSSR count). The molecule has 162 valence electrons. The normalized spacial score (nSPS) is 16.6. The minimum absolute atomic E-state index is 0.194. The Morgan fingerprint density at radius 3 is 2.13 bits per heavy atom. The van der Waals surface area contributed by atoms with E-state index < -0.39 is 27.7 Å². The van der Waals surface area contributed by atoms with E-state index in [1.54, 1.807) is 0 Å². The Kier molecular flexibility index (Phi) is 5.39.